The Morgan fingerprint density at radius 2 is 2.15 bits per heavy atom. The van der Waals surface area contributed by atoms with Gasteiger partial charge < -0.3 is 4.74 Å². The number of tetrazole rings is 1. The molecule has 1 atom stereocenters. The van der Waals surface area contributed by atoms with Crippen LogP contribution >= 0.6 is 11.6 Å². The van der Waals surface area contributed by atoms with E-state index in [4.69, 9.17) is 16.3 Å². The Labute approximate surface area is 122 Å². The molecule has 0 unspecified atom stereocenters. The molecule has 1 aliphatic heterocycles. The van der Waals surface area contributed by atoms with Gasteiger partial charge in [-0.15, -0.1) is 15.0 Å². The number of rotatable bonds is 3. The fourth-order valence-corrected chi connectivity index (χ4v) is 2.28. The highest BCUT2D eigenvalue weighted by molar-refractivity contribution is 6.30. The maximum absolute atomic E-state index is 5.87. The van der Waals surface area contributed by atoms with E-state index in [-0.39, 0.29) is 0 Å². The van der Waals surface area contributed by atoms with Crippen molar-refractivity contribution in [3.05, 3.63) is 29.3 Å². The summed E-state index contributed by atoms with van der Waals surface area (Å²) in [6.07, 6.45) is 0. The van der Waals surface area contributed by atoms with Crippen molar-refractivity contribution < 1.29 is 4.74 Å². The average Bonchev–Trinajstić information content (AvgIpc) is 2.91. The van der Waals surface area contributed by atoms with Crippen molar-refractivity contribution in [3.8, 4) is 11.4 Å². The van der Waals surface area contributed by atoms with Gasteiger partial charge >= 0.3 is 0 Å². The van der Waals surface area contributed by atoms with E-state index in [1.165, 1.54) is 0 Å². The predicted octanol–water partition coefficient (Wildman–Crippen LogP) is 1.67. The van der Waals surface area contributed by atoms with Crippen LogP contribution in [0.4, 0.5) is 0 Å². The molecule has 0 aliphatic carbocycles. The molecule has 1 fully saturated rings. The Bertz CT molecular complexity index is 570. The summed E-state index contributed by atoms with van der Waals surface area (Å²) in [5, 5.41) is 13.3. The van der Waals surface area contributed by atoms with Crippen molar-refractivity contribution in [1.29, 1.82) is 0 Å². The van der Waals surface area contributed by atoms with E-state index >= 15 is 0 Å². The molecule has 106 valence electrons. The number of hydrogen-bond acceptors (Lipinski definition) is 5. The van der Waals surface area contributed by atoms with Gasteiger partial charge in [-0.2, -0.15) is 0 Å². The minimum Gasteiger partial charge on any atom is -0.379 e. The molecule has 0 radical (unpaired) electrons. The SMILES string of the molecule is C[C@@H]1COCCN1Cn1nnc(-c2ccc(Cl)cc2)n1. The summed E-state index contributed by atoms with van der Waals surface area (Å²) in [5.41, 5.74) is 0.913. The molecule has 1 aromatic heterocycles. The van der Waals surface area contributed by atoms with Crippen LogP contribution in [-0.4, -0.2) is 50.9 Å². The number of morpholine rings is 1. The summed E-state index contributed by atoms with van der Waals surface area (Å²) in [4.78, 5) is 3.89. The van der Waals surface area contributed by atoms with E-state index < -0.39 is 0 Å². The minimum atomic E-state index is 0.369. The number of benzene rings is 1. The summed E-state index contributed by atoms with van der Waals surface area (Å²) in [5.74, 6) is 0.613. The monoisotopic (exact) mass is 293 g/mol. The van der Waals surface area contributed by atoms with Gasteiger partial charge in [-0.25, -0.2) is 0 Å². The van der Waals surface area contributed by atoms with Crippen LogP contribution < -0.4 is 0 Å². The molecule has 1 aromatic carbocycles. The van der Waals surface area contributed by atoms with Crippen LogP contribution in [0.3, 0.4) is 0 Å². The van der Waals surface area contributed by atoms with Crippen molar-refractivity contribution in [2.24, 2.45) is 0 Å². The second-order valence-corrected chi connectivity index (χ2v) is 5.31. The first-order chi connectivity index (χ1) is 9.72. The van der Waals surface area contributed by atoms with Crippen molar-refractivity contribution in [2.75, 3.05) is 19.8 Å². The van der Waals surface area contributed by atoms with Gasteiger partial charge in [-0.1, -0.05) is 11.6 Å². The zero-order valence-electron chi connectivity index (χ0n) is 11.2. The topological polar surface area (TPSA) is 56.1 Å². The summed E-state index contributed by atoms with van der Waals surface area (Å²) >= 11 is 5.87. The first-order valence-corrected chi connectivity index (χ1v) is 6.96. The third kappa shape index (κ3) is 2.98. The Balaban J connectivity index is 1.71. The Kier molecular flexibility index (Phi) is 3.95. The van der Waals surface area contributed by atoms with Crippen LogP contribution in [0, 0.1) is 0 Å². The summed E-state index contributed by atoms with van der Waals surface area (Å²) in [6.45, 7) is 5.15. The summed E-state index contributed by atoms with van der Waals surface area (Å²) in [7, 11) is 0. The highest BCUT2D eigenvalue weighted by Crippen LogP contribution is 2.17. The largest absolute Gasteiger partial charge is 0.379 e. The number of hydrogen-bond donors (Lipinski definition) is 0. The number of ether oxygens (including phenoxy) is 1. The predicted molar refractivity (Wildman–Crippen MR) is 75.3 cm³/mol. The van der Waals surface area contributed by atoms with E-state index in [1.807, 2.05) is 24.3 Å². The van der Waals surface area contributed by atoms with Crippen LogP contribution in [-0.2, 0) is 11.4 Å². The maximum atomic E-state index is 5.87. The van der Waals surface area contributed by atoms with Gasteiger partial charge in [0, 0.05) is 23.2 Å². The van der Waals surface area contributed by atoms with E-state index in [0.29, 0.717) is 23.6 Å². The Morgan fingerprint density at radius 3 is 2.90 bits per heavy atom. The van der Waals surface area contributed by atoms with E-state index in [1.54, 1.807) is 4.80 Å². The molecule has 1 saturated heterocycles. The van der Waals surface area contributed by atoms with Gasteiger partial charge in [0.25, 0.3) is 0 Å². The van der Waals surface area contributed by atoms with Crippen LogP contribution in [0.1, 0.15) is 6.92 Å². The lowest BCUT2D eigenvalue weighted by Gasteiger charge is -2.32. The van der Waals surface area contributed by atoms with Crippen LogP contribution in [0.2, 0.25) is 5.02 Å². The molecule has 0 saturated carbocycles. The third-order valence-electron chi connectivity index (χ3n) is 3.37. The molecule has 0 bridgehead atoms. The van der Waals surface area contributed by atoms with Crippen LogP contribution in [0.5, 0.6) is 0 Å². The molecule has 2 heterocycles. The van der Waals surface area contributed by atoms with Gasteiger partial charge in [0.05, 0.1) is 13.2 Å². The molecular formula is C13H16ClN5O. The average molecular weight is 294 g/mol. The maximum Gasteiger partial charge on any atom is 0.204 e. The second kappa shape index (κ2) is 5.87. The lowest BCUT2D eigenvalue weighted by atomic mass is 10.2. The molecule has 0 spiro atoms. The van der Waals surface area contributed by atoms with Gasteiger partial charge in [0.2, 0.25) is 5.82 Å². The van der Waals surface area contributed by atoms with E-state index in [9.17, 15) is 0 Å². The van der Waals surface area contributed by atoms with Crippen molar-refractivity contribution in [3.63, 3.8) is 0 Å². The molecule has 2 aromatic rings. The number of halogens is 1. The molecule has 3 rings (SSSR count). The summed E-state index contributed by atoms with van der Waals surface area (Å²) < 4.78 is 5.42. The quantitative estimate of drug-likeness (QED) is 0.862. The fourth-order valence-electron chi connectivity index (χ4n) is 2.15. The number of aromatic nitrogens is 4. The first-order valence-electron chi connectivity index (χ1n) is 6.58. The minimum absolute atomic E-state index is 0.369. The molecule has 7 heteroatoms. The molecule has 0 N–H and O–H groups in total. The molecule has 1 aliphatic rings. The Hall–Kier alpha value is -1.50. The third-order valence-corrected chi connectivity index (χ3v) is 3.62. The standard InChI is InChI=1S/C13H16ClN5O/c1-10-8-20-7-6-18(10)9-19-16-13(15-17-19)11-2-4-12(14)5-3-11/h2-5,10H,6-9H2,1H3/t10-/m1/s1. The zero-order valence-corrected chi connectivity index (χ0v) is 12.0. The van der Waals surface area contributed by atoms with Gasteiger partial charge in [-0.3, -0.25) is 4.90 Å². The van der Waals surface area contributed by atoms with Crippen molar-refractivity contribution in [2.45, 2.75) is 19.6 Å². The second-order valence-electron chi connectivity index (χ2n) is 4.87. The van der Waals surface area contributed by atoms with Crippen molar-refractivity contribution in [1.82, 2.24) is 25.1 Å². The van der Waals surface area contributed by atoms with Gasteiger partial charge in [0.15, 0.2) is 0 Å². The molecule has 0 amide bonds. The van der Waals surface area contributed by atoms with Gasteiger partial charge in [0.1, 0.15) is 6.67 Å². The normalized spacial score (nSPS) is 20.2. The van der Waals surface area contributed by atoms with Gasteiger partial charge in [-0.05, 0) is 36.4 Å². The van der Waals surface area contributed by atoms with E-state index in [2.05, 4.69) is 27.2 Å². The zero-order chi connectivity index (χ0) is 13.9. The van der Waals surface area contributed by atoms with Crippen molar-refractivity contribution >= 4 is 11.6 Å². The summed E-state index contributed by atoms with van der Waals surface area (Å²) in [6, 6.07) is 7.79. The lowest BCUT2D eigenvalue weighted by Crippen LogP contribution is -2.44. The highest BCUT2D eigenvalue weighted by atomic mass is 35.5. The molecule has 6 nitrogen and oxygen atoms in total. The smallest absolute Gasteiger partial charge is 0.204 e. The molecule has 20 heavy (non-hydrogen) atoms. The lowest BCUT2D eigenvalue weighted by molar-refractivity contribution is -0.0198. The van der Waals surface area contributed by atoms with Crippen LogP contribution in [0.25, 0.3) is 11.4 Å². The highest BCUT2D eigenvalue weighted by Gasteiger charge is 2.19. The Morgan fingerprint density at radius 1 is 1.35 bits per heavy atom. The first kappa shape index (κ1) is 13.5. The van der Waals surface area contributed by atoms with E-state index in [0.717, 1.165) is 25.3 Å². The molecular weight excluding hydrogens is 278 g/mol. The van der Waals surface area contributed by atoms with Crippen LogP contribution in [0.15, 0.2) is 24.3 Å². The fraction of sp³-hybridized carbons (Fsp3) is 0.462. The number of nitrogens with zero attached hydrogens (tertiary/aromatic N) is 5.